The lowest BCUT2D eigenvalue weighted by Crippen LogP contribution is -3.00. The van der Waals surface area contributed by atoms with Crippen LogP contribution in [0.15, 0.2) is 40.8 Å². The van der Waals surface area contributed by atoms with Crippen molar-refractivity contribution in [3.8, 4) is 11.3 Å². The van der Waals surface area contributed by atoms with E-state index in [1.54, 1.807) is 12.1 Å². The predicted molar refractivity (Wildman–Crippen MR) is 74.8 cm³/mol. The highest BCUT2D eigenvalue weighted by molar-refractivity contribution is 5.57. The lowest BCUT2D eigenvalue weighted by molar-refractivity contribution is -0.00000661. The van der Waals surface area contributed by atoms with Gasteiger partial charge >= 0.3 is 0 Å². The molecule has 0 bridgehead atoms. The van der Waals surface area contributed by atoms with Crippen molar-refractivity contribution in [2.45, 2.75) is 25.5 Å². The summed E-state index contributed by atoms with van der Waals surface area (Å²) < 4.78 is 24.2. The summed E-state index contributed by atoms with van der Waals surface area (Å²) >= 11 is 0. The molecule has 1 atom stereocenters. The van der Waals surface area contributed by atoms with Crippen molar-refractivity contribution in [1.82, 2.24) is 5.32 Å². The minimum Gasteiger partial charge on any atom is -1.00 e. The average molecular weight is 311 g/mol. The van der Waals surface area contributed by atoms with Crippen LogP contribution in [-0.4, -0.2) is 19.3 Å². The summed E-state index contributed by atoms with van der Waals surface area (Å²) in [6, 6.07) is 10.2. The van der Waals surface area contributed by atoms with Gasteiger partial charge in [0.1, 0.15) is 17.3 Å². The molecular formula is C16H18ClFNO2-. The fraction of sp³-hybridized carbons (Fsp3) is 0.375. The first kappa shape index (κ1) is 16.0. The van der Waals surface area contributed by atoms with Crippen LogP contribution in [0.25, 0.3) is 11.3 Å². The molecule has 2 heterocycles. The molecule has 0 spiro atoms. The van der Waals surface area contributed by atoms with Gasteiger partial charge in [-0.1, -0.05) is 0 Å². The number of rotatable bonds is 5. The molecule has 0 amide bonds. The molecule has 0 aliphatic carbocycles. The van der Waals surface area contributed by atoms with Crippen LogP contribution in [-0.2, 0) is 11.3 Å². The second kappa shape index (κ2) is 7.59. The smallest absolute Gasteiger partial charge is 0.134 e. The largest absolute Gasteiger partial charge is 1.00 e. The maximum atomic E-state index is 12.9. The van der Waals surface area contributed by atoms with Crippen LogP contribution in [0.1, 0.15) is 18.6 Å². The second-order valence-corrected chi connectivity index (χ2v) is 5.04. The summed E-state index contributed by atoms with van der Waals surface area (Å²) in [5, 5.41) is 3.34. The third-order valence-electron chi connectivity index (χ3n) is 3.49. The molecule has 1 aromatic heterocycles. The normalized spacial score (nSPS) is 17.7. The molecule has 1 aliphatic heterocycles. The Hall–Kier alpha value is -1.36. The van der Waals surface area contributed by atoms with Crippen LogP contribution in [0.5, 0.6) is 0 Å². The van der Waals surface area contributed by atoms with Gasteiger partial charge in [0, 0.05) is 18.7 Å². The topological polar surface area (TPSA) is 34.4 Å². The van der Waals surface area contributed by atoms with E-state index in [9.17, 15) is 4.39 Å². The van der Waals surface area contributed by atoms with Crippen molar-refractivity contribution < 1.29 is 26.0 Å². The molecule has 1 saturated heterocycles. The van der Waals surface area contributed by atoms with Gasteiger partial charge in [0.15, 0.2) is 0 Å². The van der Waals surface area contributed by atoms with Gasteiger partial charge in [-0.15, -0.1) is 0 Å². The van der Waals surface area contributed by atoms with Crippen LogP contribution >= 0.6 is 0 Å². The first-order valence-corrected chi connectivity index (χ1v) is 6.98. The summed E-state index contributed by atoms with van der Waals surface area (Å²) in [5.41, 5.74) is 0.886. The molecule has 1 fully saturated rings. The highest BCUT2D eigenvalue weighted by Gasteiger charge is 2.14. The first-order valence-electron chi connectivity index (χ1n) is 6.98. The van der Waals surface area contributed by atoms with Crippen LogP contribution < -0.4 is 17.7 Å². The summed E-state index contributed by atoms with van der Waals surface area (Å²) in [7, 11) is 0. The third-order valence-corrected chi connectivity index (χ3v) is 3.49. The SMILES string of the molecule is Fc1ccc(-c2ccc(CNCC3CCCO3)o2)cc1.[Cl-]. The Morgan fingerprint density at radius 3 is 2.67 bits per heavy atom. The molecule has 5 heteroatoms. The quantitative estimate of drug-likeness (QED) is 0.866. The molecule has 0 saturated carbocycles. The van der Waals surface area contributed by atoms with Gasteiger partial charge in [0.2, 0.25) is 0 Å². The second-order valence-electron chi connectivity index (χ2n) is 5.04. The Kier molecular flexibility index (Phi) is 5.79. The third kappa shape index (κ3) is 4.30. The maximum Gasteiger partial charge on any atom is 0.134 e. The van der Waals surface area contributed by atoms with Gasteiger partial charge in [0.25, 0.3) is 0 Å². The molecule has 0 radical (unpaired) electrons. The van der Waals surface area contributed by atoms with Crippen molar-refractivity contribution in [1.29, 1.82) is 0 Å². The Morgan fingerprint density at radius 2 is 1.95 bits per heavy atom. The molecule has 1 aliphatic rings. The van der Waals surface area contributed by atoms with E-state index in [1.165, 1.54) is 12.1 Å². The number of hydrogen-bond acceptors (Lipinski definition) is 3. The molecule has 114 valence electrons. The number of halogens is 2. The van der Waals surface area contributed by atoms with Crippen molar-refractivity contribution >= 4 is 0 Å². The van der Waals surface area contributed by atoms with E-state index >= 15 is 0 Å². The van der Waals surface area contributed by atoms with E-state index in [2.05, 4.69) is 5.32 Å². The van der Waals surface area contributed by atoms with Crippen LogP contribution in [0, 0.1) is 5.82 Å². The van der Waals surface area contributed by atoms with Crippen LogP contribution in [0.3, 0.4) is 0 Å². The van der Waals surface area contributed by atoms with Gasteiger partial charge in [-0.25, -0.2) is 4.39 Å². The molecule has 1 N–H and O–H groups in total. The van der Waals surface area contributed by atoms with Gasteiger partial charge < -0.3 is 26.9 Å². The summed E-state index contributed by atoms with van der Waals surface area (Å²) in [6.07, 6.45) is 2.62. The Labute approximate surface area is 129 Å². The van der Waals surface area contributed by atoms with E-state index in [0.717, 1.165) is 43.1 Å². The number of nitrogens with one attached hydrogen (secondary N) is 1. The molecule has 3 rings (SSSR count). The van der Waals surface area contributed by atoms with E-state index in [4.69, 9.17) is 9.15 Å². The minimum absolute atomic E-state index is 0. The molecular weight excluding hydrogens is 293 g/mol. The van der Waals surface area contributed by atoms with Crippen LogP contribution in [0.4, 0.5) is 4.39 Å². The summed E-state index contributed by atoms with van der Waals surface area (Å²) in [6.45, 7) is 2.41. The Morgan fingerprint density at radius 1 is 1.14 bits per heavy atom. The Balaban J connectivity index is 0.00000161. The van der Waals surface area contributed by atoms with E-state index in [-0.39, 0.29) is 18.2 Å². The van der Waals surface area contributed by atoms with E-state index in [1.807, 2.05) is 12.1 Å². The number of ether oxygens (including phenoxy) is 1. The molecule has 1 unspecified atom stereocenters. The zero-order chi connectivity index (χ0) is 13.8. The highest BCUT2D eigenvalue weighted by atomic mass is 35.5. The highest BCUT2D eigenvalue weighted by Crippen LogP contribution is 2.22. The van der Waals surface area contributed by atoms with Crippen LogP contribution in [0.2, 0.25) is 0 Å². The van der Waals surface area contributed by atoms with Gasteiger partial charge in [0.05, 0.1) is 12.6 Å². The fourth-order valence-electron chi connectivity index (χ4n) is 2.40. The first-order chi connectivity index (χ1) is 9.81. The van der Waals surface area contributed by atoms with E-state index in [0.29, 0.717) is 12.6 Å². The summed E-state index contributed by atoms with van der Waals surface area (Å²) in [4.78, 5) is 0. The van der Waals surface area contributed by atoms with Crippen molar-refractivity contribution in [3.63, 3.8) is 0 Å². The number of benzene rings is 1. The van der Waals surface area contributed by atoms with Crippen molar-refractivity contribution in [2.24, 2.45) is 0 Å². The maximum absolute atomic E-state index is 12.9. The zero-order valence-electron chi connectivity index (χ0n) is 11.6. The zero-order valence-corrected chi connectivity index (χ0v) is 12.4. The van der Waals surface area contributed by atoms with Gasteiger partial charge in [-0.2, -0.15) is 0 Å². The standard InChI is InChI=1S/C16H18FNO2.ClH/c17-13-5-3-12(4-6-13)16-8-7-15(20-16)11-18-10-14-2-1-9-19-14;/h3-8,14,18H,1-2,9-11H2;1H/p-1. The van der Waals surface area contributed by atoms with Crippen molar-refractivity contribution in [2.75, 3.05) is 13.2 Å². The molecule has 21 heavy (non-hydrogen) atoms. The molecule has 2 aromatic rings. The fourth-order valence-corrected chi connectivity index (χ4v) is 2.40. The van der Waals surface area contributed by atoms with Crippen molar-refractivity contribution in [3.05, 3.63) is 48.0 Å². The molecule has 1 aromatic carbocycles. The van der Waals surface area contributed by atoms with Gasteiger partial charge in [-0.05, 0) is 49.2 Å². The minimum atomic E-state index is -0.237. The Bertz CT molecular complexity index is 550. The lowest BCUT2D eigenvalue weighted by atomic mass is 10.2. The monoisotopic (exact) mass is 310 g/mol. The molecule has 3 nitrogen and oxygen atoms in total. The summed E-state index contributed by atoms with van der Waals surface area (Å²) in [5.74, 6) is 1.40. The number of hydrogen-bond donors (Lipinski definition) is 1. The predicted octanol–water partition coefficient (Wildman–Crippen LogP) is 0.358. The lowest BCUT2D eigenvalue weighted by Gasteiger charge is -2.09. The van der Waals surface area contributed by atoms with Gasteiger partial charge in [-0.3, -0.25) is 0 Å². The van der Waals surface area contributed by atoms with E-state index < -0.39 is 0 Å². The number of furan rings is 1. The average Bonchev–Trinajstić information content (AvgIpc) is 3.11.